The Labute approximate surface area is 142 Å². The van der Waals surface area contributed by atoms with Gasteiger partial charge in [0.2, 0.25) is 5.91 Å². The highest BCUT2D eigenvalue weighted by Crippen LogP contribution is 2.07. The summed E-state index contributed by atoms with van der Waals surface area (Å²) in [5.41, 5.74) is 0. The lowest BCUT2D eigenvalue weighted by Gasteiger charge is -2.27. The lowest BCUT2D eigenvalue weighted by molar-refractivity contribution is -0.162. The second kappa shape index (κ2) is 13.7. The number of carbonyl (C=O) groups is 3. The molecule has 2 N–H and O–H groups in total. The molecule has 8 nitrogen and oxygen atoms in total. The normalized spacial score (nSPS) is 13.0. The predicted molar refractivity (Wildman–Crippen MR) is 86.2 cm³/mol. The fourth-order valence-electron chi connectivity index (χ4n) is 1.89. The molecule has 140 valence electrons. The summed E-state index contributed by atoms with van der Waals surface area (Å²) in [7, 11) is 0. The van der Waals surface area contributed by atoms with Crippen molar-refractivity contribution in [2.45, 2.75) is 58.6 Å². The molecule has 0 aromatic heterocycles. The maximum absolute atomic E-state index is 11.8. The van der Waals surface area contributed by atoms with Crippen LogP contribution in [0.5, 0.6) is 0 Å². The number of amides is 1. The van der Waals surface area contributed by atoms with Crippen LogP contribution in [0.1, 0.15) is 46.5 Å². The number of nitrogens with one attached hydrogen (secondary N) is 1. The number of rotatable bonds is 13. The molecule has 0 bridgehead atoms. The highest BCUT2D eigenvalue weighted by atomic mass is 16.6. The molecule has 24 heavy (non-hydrogen) atoms. The van der Waals surface area contributed by atoms with Crippen LogP contribution in [0, 0.1) is 0 Å². The van der Waals surface area contributed by atoms with Gasteiger partial charge < -0.3 is 24.6 Å². The second-order valence-corrected chi connectivity index (χ2v) is 5.32. The molecule has 0 aromatic carbocycles. The molecule has 0 heterocycles. The molecule has 0 rings (SSSR count). The van der Waals surface area contributed by atoms with Crippen LogP contribution in [-0.2, 0) is 28.6 Å². The van der Waals surface area contributed by atoms with Gasteiger partial charge in [0.1, 0.15) is 6.61 Å². The van der Waals surface area contributed by atoms with Crippen molar-refractivity contribution in [2.75, 3.05) is 26.4 Å². The van der Waals surface area contributed by atoms with Crippen molar-refractivity contribution in [1.29, 1.82) is 0 Å². The summed E-state index contributed by atoms with van der Waals surface area (Å²) in [6.07, 6.45) is 0.902. The summed E-state index contributed by atoms with van der Waals surface area (Å²) >= 11 is 0. The molecule has 1 amide bonds. The molecular formula is C16H29NO7. The van der Waals surface area contributed by atoms with Crippen LogP contribution >= 0.6 is 0 Å². The van der Waals surface area contributed by atoms with Crippen LogP contribution in [0.3, 0.4) is 0 Å². The van der Waals surface area contributed by atoms with E-state index in [0.29, 0.717) is 12.8 Å². The number of esters is 2. The molecule has 0 aromatic rings. The minimum absolute atomic E-state index is 0.0234. The Balaban J connectivity index is 4.90. The van der Waals surface area contributed by atoms with Crippen LogP contribution in [-0.4, -0.2) is 61.5 Å². The smallest absolute Gasteiger partial charge is 0.306 e. The van der Waals surface area contributed by atoms with Gasteiger partial charge in [-0.05, 0) is 12.8 Å². The Morgan fingerprint density at radius 2 is 1.67 bits per heavy atom. The maximum atomic E-state index is 11.8. The van der Waals surface area contributed by atoms with E-state index in [2.05, 4.69) is 5.32 Å². The van der Waals surface area contributed by atoms with Crippen LogP contribution in [0.2, 0.25) is 0 Å². The minimum Gasteiger partial charge on any atom is -0.462 e. The first kappa shape index (κ1) is 22.3. The Kier molecular flexibility index (Phi) is 12.8. The van der Waals surface area contributed by atoms with Gasteiger partial charge in [0, 0.05) is 19.8 Å². The number of hydrogen-bond donors (Lipinski definition) is 2. The van der Waals surface area contributed by atoms with Crippen LogP contribution in [0.25, 0.3) is 0 Å². The van der Waals surface area contributed by atoms with Crippen molar-refractivity contribution < 1.29 is 33.7 Å². The minimum atomic E-state index is -0.854. The summed E-state index contributed by atoms with van der Waals surface area (Å²) in [4.78, 5) is 34.7. The maximum Gasteiger partial charge on any atom is 0.306 e. The zero-order valence-corrected chi connectivity index (χ0v) is 14.7. The first-order valence-corrected chi connectivity index (χ1v) is 8.25. The summed E-state index contributed by atoms with van der Waals surface area (Å²) in [6.45, 7) is 4.79. The van der Waals surface area contributed by atoms with E-state index in [9.17, 15) is 14.4 Å². The van der Waals surface area contributed by atoms with E-state index < -0.39 is 24.1 Å². The predicted octanol–water partition coefficient (Wildman–Crippen LogP) is 0.555. The van der Waals surface area contributed by atoms with Gasteiger partial charge in [-0.1, -0.05) is 13.8 Å². The number of carbonyl (C=O) groups excluding carboxylic acids is 3. The average molecular weight is 347 g/mol. The molecule has 0 saturated heterocycles. The molecule has 0 aliphatic carbocycles. The van der Waals surface area contributed by atoms with Crippen LogP contribution in [0.4, 0.5) is 0 Å². The van der Waals surface area contributed by atoms with E-state index in [4.69, 9.17) is 19.3 Å². The van der Waals surface area contributed by atoms with Gasteiger partial charge in [0.15, 0.2) is 6.10 Å². The van der Waals surface area contributed by atoms with E-state index in [1.807, 2.05) is 13.8 Å². The Bertz CT molecular complexity index is 387. The molecule has 0 radical (unpaired) electrons. The third kappa shape index (κ3) is 11.0. The highest BCUT2D eigenvalue weighted by molar-refractivity contribution is 5.73. The van der Waals surface area contributed by atoms with Gasteiger partial charge >= 0.3 is 11.9 Å². The van der Waals surface area contributed by atoms with E-state index in [1.54, 1.807) is 0 Å². The van der Waals surface area contributed by atoms with Crippen molar-refractivity contribution >= 4 is 17.8 Å². The standard InChI is InChI=1S/C16H29NO7/c1-4-6-15(20)23-11-14(24-16(21)7-5-2)13(17-12(3)19)10-22-9-8-18/h13-14,18H,4-11H2,1-3H3,(H,17,19)/t13-,14-/m0/s1. The van der Waals surface area contributed by atoms with E-state index in [1.165, 1.54) is 6.92 Å². The third-order valence-corrected chi connectivity index (χ3v) is 2.97. The summed E-state index contributed by atoms with van der Waals surface area (Å²) in [5, 5.41) is 11.4. The van der Waals surface area contributed by atoms with E-state index in [0.717, 1.165) is 0 Å². The number of ether oxygens (including phenoxy) is 3. The number of aliphatic hydroxyl groups is 1. The number of hydrogen-bond acceptors (Lipinski definition) is 7. The fourth-order valence-corrected chi connectivity index (χ4v) is 1.89. The average Bonchev–Trinajstić information content (AvgIpc) is 2.51. The second-order valence-electron chi connectivity index (χ2n) is 5.32. The van der Waals surface area contributed by atoms with Gasteiger partial charge in [-0.2, -0.15) is 0 Å². The van der Waals surface area contributed by atoms with Crippen LogP contribution < -0.4 is 5.32 Å². The fraction of sp³-hybridized carbons (Fsp3) is 0.812. The summed E-state index contributed by atoms with van der Waals surface area (Å²) < 4.78 is 15.7. The molecule has 0 spiro atoms. The third-order valence-electron chi connectivity index (χ3n) is 2.97. The van der Waals surface area contributed by atoms with Crippen molar-refractivity contribution in [3.8, 4) is 0 Å². The largest absolute Gasteiger partial charge is 0.462 e. The number of aliphatic hydroxyl groups excluding tert-OH is 1. The lowest BCUT2D eigenvalue weighted by atomic mass is 10.1. The molecule has 0 fully saturated rings. The van der Waals surface area contributed by atoms with Gasteiger partial charge in [0.05, 0.1) is 25.9 Å². The quantitative estimate of drug-likeness (QED) is 0.370. The lowest BCUT2D eigenvalue weighted by Crippen LogP contribution is -2.50. The van der Waals surface area contributed by atoms with Gasteiger partial charge in [0.25, 0.3) is 0 Å². The molecule has 0 unspecified atom stereocenters. The van der Waals surface area contributed by atoms with E-state index >= 15 is 0 Å². The SMILES string of the molecule is CCCC(=O)OC[C@H](OC(=O)CCC)[C@H](COCCO)NC(C)=O. The van der Waals surface area contributed by atoms with Crippen molar-refractivity contribution in [1.82, 2.24) is 5.32 Å². The Morgan fingerprint density at radius 1 is 1.04 bits per heavy atom. The van der Waals surface area contributed by atoms with Gasteiger partial charge in [-0.3, -0.25) is 14.4 Å². The molecule has 0 aliphatic rings. The first-order valence-electron chi connectivity index (χ1n) is 8.25. The molecule has 2 atom stereocenters. The summed E-state index contributed by atoms with van der Waals surface area (Å²) in [6, 6.07) is -0.677. The highest BCUT2D eigenvalue weighted by Gasteiger charge is 2.28. The van der Waals surface area contributed by atoms with Gasteiger partial charge in [-0.25, -0.2) is 0 Å². The molecule has 0 aliphatic heterocycles. The molecule has 8 heteroatoms. The topological polar surface area (TPSA) is 111 Å². The Morgan fingerprint density at radius 3 is 2.21 bits per heavy atom. The van der Waals surface area contributed by atoms with Crippen LogP contribution in [0.15, 0.2) is 0 Å². The van der Waals surface area contributed by atoms with E-state index in [-0.39, 0.29) is 45.2 Å². The molecular weight excluding hydrogens is 318 g/mol. The summed E-state index contributed by atoms with van der Waals surface area (Å²) in [5.74, 6) is -1.16. The first-order chi connectivity index (χ1) is 11.4. The van der Waals surface area contributed by atoms with Crippen molar-refractivity contribution in [2.24, 2.45) is 0 Å². The van der Waals surface area contributed by atoms with Gasteiger partial charge in [-0.15, -0.1) is 0 Å². The Hall–Kier alpha value is -1.67. The van der Waals surface area contributed by atoms with Crippen molar-refractivity contribution in [3.63, 3.8) is 0 Å². The monoisotopic (exact) mass is 347 g/mol. The zero-order valence-electron chi connectivity index (χ0n) is 14.7. The molecule has 0 saturated carbocycles. The zero-order chi connectivity index (χ0) is 18.4. The van der Waals surface area contributed by atoms with Crippen molar-refractivity contribution in [3.05, 3.63) is 0 Å².